The lowest BCUT2D eigenvalue weighted by atomic mass is 9.75. The quantitative estimate of drug-likeness (QED) is 0.594. The van der Waals surface area contributed by atoms with E-state index in [1.54, 1.807) is 0 Å². The third-order valence-electron chi connectivity index (χ3n) is 2.84. The maximum atomic E-state index is 9.57. The summed E-state index contributed by atoms with van der Waals surface area (Å²) in [6.45, 7) is 8.73. The molecule has 0 saturated carbocycles. The molecule has 2 nitrogen and oxygen atoms in total. The van der Waals surface area contributed by atoms with E-state index in [9.17, 15) is 5.11 Å². The molecule has 0 radical (unpaired) electrons. The van der Waals surface area contributed by atoms with Gasteiger partial charge in [-0.05, 0) is 24.8 Å². The Morgan fingerprint density at radius 2 is 1.83 bits per heavy atom. The van der Waals surface area contributed by atoms with Crippen molar-refractivity contribution in [3.63, 3.8) is 0 Å². The third-order valence-corrected chi connectivity index (χ3v) is 2.84. The number of likely N-dealkylation sites (N-methyl/N-ethyl adjacent to an activating group) is 1. The van der Waals surface area contributed by atoms with Crippen molar-refractivity contribution in [1.29, 1.82) is 0 Å². The molecule has 1 aliphatic heterocycles. The molecular weight excluding hydrogens is 150 g/mol. The Balaban J connectivity index is 2.55. The Morgan fingerprint density at radius 3 is 2.25 bits per heavy atom. The van der Waals surface area contributed by atoms with Crippen LogP contribution in [0.15, 0.2) is 0 Å². The Labute approximate surface area is 75.6 Å². The van der Waals surface area contributed by atoms with Crippen molar-refractivity contribution in [3.8, 4) is 0 Å². The standard InChI is InChI=1S/C10H21NO/c1-10(2,3)8-5-9(12)7-11(4)6-8/h8-9,12H,5-7H2,1-4H3/t8-,9-/m0/s1. The fourth-order valence-corrected chi connectivity index (χ4v) is 1.92. The molecule has 2 heteroatoms. The number of rotatable bonds is 0. The third kappa shape index (κ3) is 2.46. The zero-order valence-electron chi connectivity index (χ0n) is 8.67. The van der Waals surface area contributed by atoms with Crippen molar-refractivity contribution in [2.45, 2.75) is 33.3 Å². The van der Waals surface area contributed by atoms with E-state index >= 15 is 0 Å². The minimum Gasteiger partial charge on any atom is -0.392 e. The second kappa shape index (κ2) is 3.35. The fourth-order valence-electron chi connectivity index (χ4n) is 1.92. The van der Waals surface area contributed by atoms with Gasteiger partial charge in [0.1, 0.15) is 0 Å². The number of piperidine rings is 1. The topological polar surface area (TPSA) is 23.5 Å². The van der Waals surface area contributed by atoms with Gasteiger partial charge in [0.25, 0.3) is 0 Å². The van der Waals surface area contributed by atoms with Gasteiger partial charge in [0, 0.05) is 13.1 Å². The normalized spacial score (nSPS) is 33.8. The predicted octanol–water partition coefficient (Wildman–Crippen LogP) is 1.35. The minimum atomic E-state index is -0.118. The summed E-state index contributed by atoms with van der Waals surface area (Å²) in [5.74, 6) is 0.631. The molecule has 2 atom stereocenters. The Morgan fingerprint density at radius 1 is 1.25 bits per heavy atom. The van der Waals surface area contributed by atoms with Gasteiger partial charge in [0.2, 0.25) is 0 Å². The van der Waals surface area contributed by atoms with Crippen molar-refractivity contribution in [3.05, 3.63) is 0 Å². The zero-order valence-corrected chi connectivity index (χ0v) is 8.67. The highest BCUT2D eigenvalue weighted by Crippen LogP contribution is 2.32. The van der Waals surface area contributed by atoms with Gasteiger partial charge < -0.3 is 10.0 Å². The molecule has 0 unspecified atom stereocenters. The molecule has 12 heavy (non-hydrogen) atoms. The number of β-amino-alcohol motifs (C(OH)–C–C–N with tert-alkyl or cyclic N) is 1. The van der Waals surface area contributed by atoms with Gasteiger partial charge in [-0.25, -0.2) is 0 Å². The molecule has 0 aromatic heterocycles. The van der Waals surface area contributed by atoms with E-state index in [1.165, 1.54) is 0 Å². The molecule has 1 rings (SSSR count). The number of aliphatic hydroxyl groups is 1. The van der Waals surface area contributed by atoms with Crippen LogP contribution in [0.2, 0.25) is 0 Å². The molecule has 1 saturated heterocycles. The molecule has 0 aromatic rings. The van der Waals surface area contributed by atoms with Crippen molar-refractivity contribution in [2.75, 3.05) is 20.1 Å². The monoisotopic (exact) mass is 171 g/mol. The number of aliphatic hydroxyl groups excluding tert-OH is 1. The van der Waals surface area contributed by atoms with E-state index in [1.807, 2.05) is 0 Å². The summed E-state index contributed by atoms with van der Waals surface area (Å²) >= 11 is 0. The first-order valence-corrected chi connectivity index (χ1v) is 4.76. The number of likely N-dealkylation sites (tertiary alicyclic amines) is 1. The summed E-state index contributed by atoms with van der Waals surface area (Å²) in [7, 11) is 2.08. The lowest BCUT2D eigenvalue weighted by molar-refractivity contribution is 0.0157. The summed E-state index contributed by atoms with van der Waals surface area (Å²) in [6, 6.07) is 0. The highest BCUT2D eigenvalue weighted by atomic mass is 16.3. The van der Waals surface area contributed by atoms with Crippen molar-refractivity contribution in [2.24, 2.45) is 11.3 Å². The smallest absolute Gasteiger partial charge is 0.0670 e. The largest absolute Gasteiger partial charge is 0.392 e. The Bertz CT molecular complexity index is 140. The van der Waals surface area contributed by atoms with Gasteiger partial charge in [0.15, 0.2) is 0 Å². The molecule has 1 aliphatic rings. The molecule has 1 heterocycles. The molecule has 0 amide bonds. The van der Waals surface area contributed by atoms with E-state index in [0.29, 0.717) is 11.3 Å². The first-order valence-electron chi connectivity index (χ1n) is 4.76. The van der Waals surface area contributed by atoms with Crippen molar-refractivity contribution >= 4 is 0 Å². The van der Waals surface area contributed by atoms with Crippen LogP contribution in [-0.4, -0.2) is 36.2 Å². The molecule has 0 aliphatic carbocycles. The van der Waals surface area contributed by atoms with Crippen LogP contribution in [-0.2, 0) is 0 Å². The molecule has 72 valence electrons. The Kier molecular flexibility index (Phi) is 2.79. The first-order chi connectivity index (χ1) is 5.39. The minimum absolute atomic E-state index is 0.118. The van der Waals surface area contributed by atoms with Crippen LogP contribution < -0.4 is 0 Å². The lowest BCUT2D eigenvalue weighted by Gasteiger charge is -2.40. The second-order valence-corrected chi connectivity index (χ2v) is 5.17. The number of hydrogen-bond acceptors (Lipinski definition) is 2. The molecule has 0 bridgehead atoms. The van der Waals surface area contributed by atoms with Gasteiger partial charge in [-0.15, -0.1) is 0 Å². The SMILES string of the molecule is CN1C[C@@H](O)C[C@H](C(C)(C)C)C1. The van der Waals surface area contributed by atoms with E-state index < -0.39 is 0 Å². The van der Waals surface area contributed by atoms with Crippen LogP contribution in [0.5, 0.6) is 0 Å². The maximum absolute atomic E-state index is 9.57. The second-order valence-electron chi connectivity index (χ2n) is 5.17. The molecule has 1 N–H and O–H groups in total. The molecule has 0 aromatic carbocycles. The van der Waals surface area contributed by atoms with Crippen LogP contribution in [0, 0.1) is 11.3 Å². The van der Waals surface area contributed by atoms with E-state index in [0.717, 1.165) is 19.5 Å². The maximum Gasteiger partial charge on any atom is 0.0670 e. The van der Waals surface area contributed by atoms with E-state index in [-0.39, 0.29) is 6.10 Å². The highest BCUT2D eigenvalue weighted by Gasteiger charge is 2.31. The van der Waals surface area contributed by atoms with E-state index in [2.05, 4.69) is 32.7 Å². The van der Waals surface area contributed by atoms with Crippen LogP contribution in [0.4, 0.5) is 0 Å². The predicted molar refractivity (Wildman–Crippen MR) is 51.1 cm³/mol. The summed E-state index contributed by atoms with van der Waals surface area (Å²) in [5.41, 5.74) is 0.329. The summed E-state index contributed by atoms with van der Waals surface area (Å²) in [6.07, 6.45) is 0.848. The average Bonchev–Trinajstić information content (AvgIpc) is 1.82. The van der Waals surface area contributed by atoms with E-state index in [4.69, 9.17) is 0 Å². The van der Waals surface area contributed by atoms with Crippen LogP contribution >= 0.6 is 0 Å². The number of hydrogen-bond donors (Lipinski definition) is 1. The summed E-state index contributed by atoms with van der Waals surface area (Å²) in [5, 5.41) is 9.57. The molecule has 1 fully saturated rings. The Hall–Kier alpha value is -0.0800. The van der Waals surface area contributed by atoms with Gasteiger partial charge in [-0.2, -0.15) is 0 Å². The van der Waals surface area contributed by atoms with Crippen molar-refractivity contribution in [1.82, 2.24) is 4.90 Å². The fraction of sp³-hybridized carbons (Fsp3) is 1.00. The highest BCUT2D eigenvalue weighted by molar-refractivity contribution is 4.84. The zero-order chi connectivity index (χ0) is 9.35. The van der Waals surface area contributed by atoms with Gasteiger partial charge in [0.05, 0.1) is 6.10 Å². The van der Waals surface area contributed by atoms with Crippen LogP contribution in [0.3, 0.4) is 0 Å². The first kappa shape index (κ1) is 10.0. The summed E-state index contributed by atoms with van der Waals surface area (Å²) < 4.78 is 0. The summed E-state index contributed by atoms with van der Waals surface area (Å²) in [4.78, 5) is 2.23. The molecular formula is C10H21NO. The average molecular weight is 171 g/mol. The lowest BCUT2D eigenvalue weighted by Crippen LogP contribution is -2.44. The van der Waals surface area contributed by atoms with Crippen LogP contribution in [0.25, 0.3) is 0 Å². The van der Waals surface area contributed by atoms with Gasteiger partial charge >= 0.3 is 0 Å². The number of nitrogens with zero attached hydrogens (tertiary/aromatic N) is 1. The molecule has 0 spiro atoms. The van der Waals surface area contributed by atoms with Crippen molar-refractivity contribution < 1.29 is 5.11 Å². The van der Waals surface area contributed by atoms with Crippen LogP contribution in [0.1, 0.15) is 27.2 Å². The van der Waals surface area contributed by atoms with Gasteiger partial charge in [-0.1, -0.05) is 20.8 Å². The van der Waals surface area contributed by atoms with Gasteiger partial charge in [-0.3, -0.25) is 0 Å².